The van der Waals surface area contributed by atoms with Gasteiger partial charge >= 0.3 is 0 Å². The highest BCUT2D eigenvalue weighted by atomic mass is 16.5. The van der Waals surface area contributed by atoms with Crippen molar-refractivity contribution in [2.24, 2.45) is 11.8 Å². The topological polar surface area (TPSA) is 33.3 Å². The molecule has 0 bridgehead atoms. The first-order chi connectivity index (χ1) is 8.93. The average Bonchev–Trinajstić information content (AvgIpc) is 3.09. The highest BCUT2D eigenvalue weighted by Gasteiger charge is 2.34. The van der Waals surface area contributed by atoms with Crippen LogP contribution in [0.3, 0.4) is 0 Å². The maximum atomic E-state index is 5.46. The Labute approximate surface area is 111 Å². The van der Waals surface area contributed by atoms with E-state index in [1.165, 1.54) is 58.0 Å². The number of rotatable bonds is 4. The van der Waals surface area contributed by atoms with Crippen LogP contribution in [-0.4, -0.2) is 38.4 Å². The van der Waals surface area contributed by atoms with Gasteiger partial charge in [-0.25, -0.2) is 0 Å². The lowest BCUT2D eigenvalue weighted by molar-refractivity contribution is 0.182. The first kappa shape index (κ1) is 12.9. The Hall–Kier alpha value is -0.120. The van der Waals surface area contributed by atoms with E-state index < -0.39 is 0 Å². The summed E-state index contributed by atoms with van der Waals surface area (Å²) in [5, 5.41) is 7.61. The third-order valence-corrected chi connectivity index (χ3v) is 5.13. The van der Waals surface area contributed by atoms with Gasteiger partial charge in [0.15, 0.2) is 0 Å². The molecule has 4 unspecified atom stereocenters. The molecule has 3 aliphatic rings. The molecule has 1 aliphatic carbocycles. The maximum Gasteiger partial charge on any atom is 0.0507 e. The SMILES string of the molecule is C1CCC(C2CCCC2NCC2CCOC2)NC1. The Morgan fingerprint density at radius 2 is 2.06 bits per heavy atom. The zero-order valence-electron chi connectivity index (χ0n) is 11.5. The van der Waals surface area contributed by atoms with Crippen LogP contribution in [0.1, 0.15) is 44.9 Å². The zero-order chi connectivity index (χ0) is 12.2. The van der Waals surface area contributed by atoms with Crippen LogP contribution in [0.2, 0.25) is 0 Å². The van der Waals surface area contributed by atoms with Crippen LogP contribution in [0.15, 0.2) is 0 Å². The quantitative estimate of drug-likeness (QED) is 0.802. The molecule has 3 heteroatoms. The van der Waals surface area contributed by atoms with Crippen LogP contribution in [0.4, 0.5) is 0 Å². The molecule has 0 aromatic carbocycles. The number of piperidine rings is 1. The van der Waals surface area contributed by atoms with E-state index in [2.05, 4.69) is 10.6 Å². The van der Waals surface area contributed by atoms with E-state index in [-0.39, 0.29) is 0 Å². The van der Waals surface area contributed by atoms with Crippen molar-refractivity contribution in [2.45, 2.75) is 57.0 Å². The summed E-state index contributed by atoms with van der Waals surface area (Å²) in [6.07, 6.45) is 9.69. The molecule has 4 atom stereocenters. The molecule has 0 spiro atoms. The predicted octanol–water partition coefficient (Wildman–Crippen LogP) is 1.92. The van der Waals surface area contributed by atoms with E-state index in [1.807, 2.05) is 0 Å². The normalized spacial score (nSPS) is 41.3. The molecular formula is C15H28N2O. The van der Waals surface area contributed by atoms with Crippen LogP contribution in [0.25, 0.3) is 0 Å². The van der Waals surface area contributed by atoms with Gasteiger partial charge in [-0.1, -0.05) is 12.8 Å². The molecule has 0 aromatic heterocycles. The van der Waals surface area contributed by atoms with Crippen LogP contribution < -0.4 is 10.6 Å². The first-order valence-electron chi connectivity index (χ1n) is 7.98. The molecule has 3 fully saturated rings. The molecule has 1 saturated carbocycles. The lowest BCUT2D eigenvalue weighted by Gasteiger charge is -2.33. The Morgan fingerprint density at radius 3 is 2.83 bits per heavy atom. The fourth-order valence-electron chi connectivity index (χ4n) is 4.03. The summed E-state index contributed by atoms with van der Waals surface area (Å²) in [6.45, 7) is 4.37. The monoisotopic (exact) mass is 252 g/mol. The summed E-state index contributed by atoms with van der Waals surface area (Å²) in [4.78, 5) is 0. The van der Waals surface area contributed by atoms with Crippen molar-refractivity contribution in [3.8, 4) is 0 Å². The molecule has 2 N–H and O–H groups in total. The second-order valence-corrected chi connectivity index (χ2v) is 6.40. The van der Waals surface area contributed by atoms with E-state index in [0.29, 0.717) is 0 Å². The summed E-state index contributed by atoms with van der Waals surface area (Å²) < 4.78 is 5.46. The van der Waals surface area contributed by atoms with Gasteiger partial charge in [0.05, 0.1) is 6.61 Å². The number of hydrogen-bond acceptors (Lipinski definition) is 3. The lowest BCUT2D eigenvalue weighted by Crippen LogP contribution is -2.47. The fourth-order valence-corrected chi connectivity index (χ4v) is 4.03. The van der Waals surface area contributed by atoms with Gasteiger partial charge in [-0.15, -0.1) is 0 Å². The fraction of sp³-hybridized carbons (Fsp3) is 1.00. The summed E-state index contributed by atoms with van der Waals surface area (Å²) in [7, 11) is 0. The van der Waals surface area contributed by atoms with Crippen molar-refractivity contribution in [1.82, 2.24) is 10.6 Å². The van der Waals surface area contributed by atoms with Gasteiger partial charge in [0.25, 0.3) is 0 Å². The minimum atomic E-state index is 0.765. The molecule has 0 amide bonds. The molecule has 2 saturated heterocycles. The van der Waals surface area contributed by atoms with Crippen LogP contribution in [0, 0.1) is 11.8 Å². The van der Waals surface area contributed by atoms with Gasteiger partial charge in [0.1, 0.15) is 0 Å². The van der Waals surface area contributed by atoms with Crippen molar-refractivity contribution in [1.29, 1.82) is 0 Å². The number of ether oxygens (including phenoxy) is 1. The second kappa shape index (κ2) is 6.36. The number of hydrogen-bond donors (Lipinski definition) is 2. The molecule has 3 rings (SSSR count). The average molecular weight is 252 g/mol. The summed E-state index contributed by atoms with van der Waals surface area (Å²) >= 11 is 0. The van der Waals surface area contributed by atoms with Crippen LogP contribution >= 0.6 is 0 Å². The predicted molar refractivity (Wildman–Crippen MR) is 73.7 cm³/mol. The smallest absolute Gasteiger partial charge is 0.0507 e. The second-order valence-electron chi connectivity index (χ2n) is 6.40. The van der Waals surface area contributed by atoms with E-state index >= 15 is 0 Å². The standard InChI is InChI=1S/C15H28N2O/c1-2-8-16-14(5-1)13-4-3-6-15(13)17-10-12-7-9-18-11-12/h12-17H,1-11H2. The molecule has 0 aromatic rings. The molecule has 3 nitrogen and oxygen atoms in total. The molecular weight excluding hydrogens is 224 g/mol. The van der Waals surface area contributed by atoms with Crippen molar-refractivity contribution in [3.63, 3.8) is 0 Å². The van der Waals surface area contributed by atoms with Gasteiger partial charge in [-0.05, 0) is 50.5 Å². The van der Waals surface area contributed by atoms with Crippen molar-refractivity contribution >= 4 is 0 Å². The van der Waals surface area contributed by atoms with E-state index in [9.17, 15) is 0 Å². The molecule has 2 heterocycles. The van der Waals surface area contributed by atoms with Crippen molar-refractivity contribution in [2.75, 3.05) is 26.3 Å². The van der Waals surface area contributed by atoms with Gasteiger partial charge in [0.2, 0.25) is 0 Å². The molecule has 104 valence electrons. The summed E-state index contributed by atoms with van der Waals surface area (Å²) in [5.74, 6) is 1.65. The largest absolute Gasteiger partial charge is 0.381 e. The van der Waals surface area contributed by atoms with Gasteiger partial charge in [0, 0.05) is 25.2 Å². The summed E-state index contributed by atoms with van der Waals surface area (Å²) in [5.41, 5.74) is 0. The zero-order valence-corrected chi connectivity index (χ0v) is 11.5. The van der Waals surface area contributed by atoms with Gasteiger partial charge < -0.3 is 15.4 Å². The maximum absolute atomic E-state index is 5.46. The highest BCUT2D eigenvalue weighted by Crippen LogP contribution is 2.32. The third kappa shape index (κ3) is 3.06. The minimum Gasteiger partial charge on any atom is -0.381 e. The van der Waals surface area contributed by atoms with Crippen molar-refractivity contribution < 1.29 is 4.74 Å². The minimum absolute atomic E-state index is 0.765. The molecule has 2 aliphatic heterocycles. The first-order valence-corrected chi connectivity index (χ1v) is 7.98. The Kier molecular flexibility index (Phi) is 4.55. The Morgan fingerprint density at radius 1 is 1.06 bits per heavy atom. The van der Waals surface area contributed by atoms with Gasteiger partial charge in [-0.3, -0.25) is 0 Å². The Balaban J connectivity index is 1.47. The van der Waals surface area contributed by atoms with Crippen LogP contribution in [0.5, 0.6) is 0 Å². The molecule has 18 heavy (non-hydrogen) atoms. The highest BCUT2D eigenvalue weighted by molar-refractivity contribution is 4.92. The number of nitrogens with one attached hydrogen (secondary N) is 2. The van der Waals surface area contributed by atoms with E-state index in [0.717, 1.165) is 37.1 Å². The lowest BCUT2D eigenvalue weighted by atomic mass is 9.88. The van der Waals surface area contributed by atoms with E-state index in [1.54, 1.807) is 0 Å². The summed E-state index contributed by atoms with van der Waals surface area (Å²) in [6, 6.07) is 1.56. The molecule has 0 radical (unpaired) electrons. The van der Waals surface area contributed by atoms with Crippen LogP contribution in [-0.2, 0) is 4.74 Å². The third-order valence-electron chi connectivity index (χ3n) is 5.13. The van der Waals surface area contributed by atoms with Crippen molar-refractivity contribution in [3.05, 3.63) is 0 Å². The van der Waals surface area contributed by atoms with Gasteiger partial charge in [-0.2, -0.15) is 0 Å². The Bertz CT molecular complexity index is 247. The van der Waals surface area contributed by atoms with E-state index in [4.69, 9.17) is 4.74 Å².